The molecule has 0 radical (unpaired) electrons. The van der Waals surface area contributed by atoms with E-state index in [-0.39, 0.29) is 0 Å². The molecule has 0 heterocycles. The Morgan fingerprint density at radius 1 is 1.23 bits per heavy atom. The van der Waals surface area contributed by atoms with Gasteiger partial charge in [0, 0.05) is 4.92 Å². The quantitative estimate of drug-likeness (QED) is 0.252. The normalized spacial score (nSPS) is 13.8. The number of hydrogen-bond acceptors (Lipinski definition) is 7. The molecule has 0 aliphatic rings. The van der Waals surface area contributed by atoms with Gasteiger partial charge in [-0.05, 0) is 0 Å². The van der Waals surface area contributed by atoms with Gasteiger partial charge in [0.05, 0.1) is 4.92 Å². The molecule has 0 aliphatic heterocycles. The summed E-state index contributed by atoms with van der Waals surface area (Å²) in [6, 6.07) is 0. The number of hydrogen-bond donors (Lipinski definition) is 3. The Balaban J connectivity index is 4.97. The van der Waals surface area contributed by atoms with Crippen LogP contribution in [0, 0.1) is 20.2 Å². The first-order valence-electron chi connectivity index (χ1n) is 3.10. The number of aliphatic hydroxyl groups is 3. The Hall–Kier alpha value is -1.32. The van der Waals surface area contributed by atoms with Crippen molar-refractivity contribution in [2.45, 2.75) is 11.8 Å². The zero-order valence-corrected chi connectivity index (χ0v) is 6.36. The van der Waals surface area contributed by atoms with E-state index in [1.54, 1.807) is 0 Å². The molecular weight excluding hydrogens is 188 g/mol. The maximum absolute atomic E-state index is 10.3. The van der Waals surface area contributed by atoms with Crippen molar-refractivity contribution in [1.82, 2.24) is 0 Å². The van der Waals surface area contributed by atoms with Crippen LogP contribution in [0.2, 0.25) is 0 Å². The van der Waals surface area contributed by atoms with Crippen molar-refractivity contribution < 1.29 is 25.2 Å². The monoisotopic (exact) mass is 196 g/mol. The Kier molecular flexibility index (Phi) is 3.66. The molecule has 1 atom stereocenters. The van der Waals surface area contributed by atoms with E-state index in [2.05, 4.69) is 0 Å². The third kappa shape index (κ3) is 1.88. The molecule has 0 spiro atoms. The SMILES string of the molecule is O=[N+]([O-])C(O)C(CO)(CO)[N+](=O)[O-]. The molecule has 1 unspecified atom stereocenters. The van der Waals surface area contributed by atoms with Crippen molar-refractivity contribution in [2.75, 3.05) is 13.2 Å². The van der Waals surface area contributed by atoms with Crippen molar-refractivity contribution in [1.29, 1.82) is 0 Å². The van der Waals surface area contributed by atoms with Gasteiger partial charge in [-0.25, -0.2) is 0 Å². The lowest BCUT2D eigenvalue weighted by Gasteiger charge is -2.19. The van der Waals surface area contributed by atoms with Gasteiger partial charge >= 0.3 is 11.8 Å². The van der Waals surface area contributed by atoms with Crippen molar-refractivity contribution in [3.8, 4) is 0 Å². The highest BCUT2D eigenvalue weighted by atomic mass is 16.7. The number of aliphatic hydroxyl groups excluding tert-OH is 3. The summed E-state index contributed by atoms with van der Waals surface area (Å²) in [6.07, 6.45) is -2.64. The van der Waals surface area contributed by atoms with E-state index >= 15 is 0 Å². The lowest BCUT2D eigenvalue weighted by Crippen LogP contribution is -2.58. The van der Waals surface area contributed by atoms with Gasteiger partial charge in [-0.1, -0.05) is 0 Å². The summed E-state index contributed by atoms with van der Waals surface area (Å²) in [5.41, 5.74) is -2.75. The molecule has 3 N–H and O–H groups in total. The fourth-order valence-corrected chi connectivity index (χ4v) is 0.619. The maximum Gasteiger partial charge on any atom is 0.387 e. The van der Waals surface area contributed by atoms with Crippen LogP contribution in [0.3, 0.4) is 0 Å². The van der Waals surface area contributed by atoms with Crippen LogP contribution in [0.4, 0.5) is 0 Å². The zero-order chi connectivity index (χ0) is 10.6. The van der Waals surface area contributed by atoms with Crippen LogP contribution in [0.5, 0.6) is 0 Å². The van der Waals surface area contributed by atoms with E-state index < -0.39 is 34.8 Å². The fraction of sp³-hybridized carbons (Fsp3) is 1.00. The Morgan fingerprint density at radius 3 is 1.69 bits per heavy atom. The largest absolute Gasteiger partial charge is 0.388 e. The number of nitrogens with zero attached hydrogens (tertiary/aromatic N) is 2. The van der Waals surface area contributed by atoms with Crippen LogP contribution < -0.4 is 0 Å². The molecule has 9 nitrogen and oxygen atoms in total. The van der Waals surface area contributed by atoms with E-state index in [1.165, 1.54) is 0 Å². The molecule has 76 valence electrons. The summed E-state index contributed by atoms with van der Waals surface area (Å²) in [5, 5.41) is 46.0. The second kappa shape index (κ2) is 4.07. The molecule has 0 aromatic heterocycles. The minimum atomic E-state index is -2.75. The van der Waals surface area contributed by atoms with E-state index in [1.807, 2.05) is 0 Å². The van der Waals surface area contributed by atoms with Crippen LogP contribution in [0.15, 0.2) is 0 Å². The van der Waals surface area contributed by atoms with Gasteiger partial charge in [-0.3, -0.25) is 20.2 Å². The van der Waals surface area contributed by atoms with E-state index in [4.69, 9.17) is 15.3 Å². The fourth-order valence-electron chi connectivity index (χ4n) is 0.619. The first-order chi connectivity index (χ1) is 5.92. The van der Waals surface area contributed by atoms with Gasteiger partial charge in [0.25, 0.3) is 0 Å². The molecule has 0 rings (SSSR count). The topological polar surface area (TPSA) is 147 Å². The summed E-state index contributed by atoms with van der Waals surface area (Å²) in [4.78, 5) is 17.6. The highest BCUT2D eigenvalue weighted by Gasteiger charge is 2.57. The van der Waals surface area contributed by atoms with Crippen molar-refractivity contribution in [3.63, 3.8) is 0 Å². The molecule has 0 bridgehead atoms. The van der Waals surface area contributed by atoms with Gasteiger partial charge < -0.3 is 15.3 Å². The molecule has 0 aliphatic carbocycles. The molecule has 13 heavy (non-hydrogen) atoms. The van der Waals surface area contributed by atoms with Crippen LogP contribution >= 0.6 is 0 Å². The van der Waals surface area contributed by atoms with Crippen LogP contribution in [-0.4, -0.2) is 50.1 Å². The predicted molar refractivity (Wildman–Crippen MR) is 36.9 cm³/mol. The highest BCUT2D eigenvalue weighted by Crippen LogP contribution is 2.14. The minimum Gasteiger partial charge on any atom is -0.388 e. The van der Waals surface area contributed by atoms with E-state index in [9.17, 15) is 20.2 Å². The first kappa shape index (κ1) is 11.7. The standard InChI is InChI=1S/C4H8N2O7/c7-1-4(2-8,6(12)13)3(9)5(10)11/h3,7-9H,1-2H2. The Labute approximate surface area is 71.5 Å². The molecule has 9 heteroatoms. The first-order valence-corrected chi connectivity index (χ1v) is 3.10. The van der Waals surface area contributed by atoms with Crippen LogP contribution in [0.1, 0.15) is 0 Å². The van der Waals surface area contributed by atoms with Crippen molar-refractivity contribution in [3.05, 3.63) is 20.2 Å². The second-order valence-corrected chi connectivity index (χ2v) is 2.34. The third-order valence-corrected chi connectivity index (χ3v) is 1.59. The summed E-state index contributed by atoms with van der Waals surface area (Å²) in [5.74, 6) is 0. The van der Waals surface area contributed by atoms with E-state index in [0.717, 1.165) is 0 Å². The van der Waals surface area contributed by atoms with Gasteiger partial charge in [0.1, 0.15) is 13.2 Å². The summed E-state index contributed by atoms with van der Waals surface area (Å²) < 4.78 is 0. The average molecular weight is 196 g/mol. The van der Waals surface area contributed by atoms with Crippen molar-refractivity contribution >= 4 is 0 Å². The highest BCUT2D eigenvalue weighted by molar-refractivity contribution is 4.80. The van der Waals surface area contributed by atoms with Gasteiger partial charge in [-0.15, -0.1) is 0 Å². The molecule has 0 amide bonds. The Morgan fingerprint density at radius 2 is 1.62 bits per heavy atom. The van der Waals surface area contributed by atoms with Crippen LogP contribution in [0.25, 0.3) is 0 Å². The summed E-state index contributed by atoms with van der Waals surface area (Å²) in [6.45, 7) is -2.64. The van der Waals surface area contributed by atoms with Gasteiger partial charge in [0.2, 0.25) is 0 Å². The van der Waals surface area contributed by atoms with Gasteiger partial charge in [-0.2, -0.15) is 0 Å². The third-order valence-electron chi connectivity index (χ3n) is 1.59. The predicted octanol–water partition coefficient (Wildman–Crippen LogP) is -2.42. The maximum atomic E-state index is 10.3. The van der Waals surface area contributed by atoms with Gasteiger partial charge in [0.15, 0.2) is 0 Å². The minimum absolute atomic E-state index is 1.28. The molecule has 0 fully saturated rings. The molecular formula is C4H8N2O7. The lowest BCUT2D eigenvalue weighted by atomic mass is 10.0. The number of nitro groups is 2. The van der Waals surface area contributed by atoms with E-state index in [0.29, 0.717) is 0 Å². The number of rotatable bonds is 5. The smallest absolute Gasteiger partial charge is 0.387 e. The molecule has 0 aromatic rings. The Bertz CT molecular complexity index is 213. The summed E-state index contributed by atoms with van der Waals surface area (Å²) in [7, 11) is 0. The van der Waals surface area contributed by atoms with Crippen molar-refractivity contribution in [2.24, 2.45) is 0 Å². The van der Waals surface area contributed by atoms with Crippen LogP contribution in [-0.2, 0) is 0 Å². The summed E-state index contributed by atoms with van der Waals surface area (Å²) >= 11 is 0. The molecule has 0 aromatic carbocycles. The lowest BCUT2D eigenvalue weighted by molar-refractivity contribution is -0.687. The molecule has 0 saturated heterocycles. The molecule has 0 saturated carbocycles. The average Bonchev–Trinajstić information content (AvgIpc) is 2.06. The second-order valence-electron chi connectivity index (χ2n) is 2.34. The zero-order valence-electron chi connectivity index (χ0n) is 6.36.